The molecule has 0 fully saturated rings. The van der Waals surface area contributed by atoms with Crippen molar-refractivity contribution < 1.29 is 14.3 Å². The van der Waals surface area contributed by atoms with Gasteiger partial charge in [0.1, 0.15) is 11.5 Å². The van der Waals surface area contributed by atoms with Crippen LogP contribution in [-0.2, 0) is 16.1 Å². The number of nitrogens with zero attached hydrogens (tertiary/aromatic N) is 1. The van der Waals surface area contributed by atoms with Crippen LogP contribution >= 0.6 is 0 Å². The van der Waals surface area contributed by atoms with Crippen molar-refractivity contribution in [1.29, 1.82) is 0 Å². The molecule has 5 nitrogen and oxygen atoms in total. The van der Waals surface area contributed by atoms with Crippen LogP contribution in [0.1, 0.15) is 25.8 Å². The Morgan fingerprint density at radius 2 is 2.21 bits per heavy atom. The molecule has 1 atom stereocenters. The van der Waals surface area contributed by atoms with Crippen molar-refractivity contribution in [2.75, 3.05) is 11.4 Å². The van der Waals surface area contributed by atoms with E-state index < -0.39 is 6.10 Å². The van der Waals surface area contributed by atoms with Crippen LogP contribution in [0.2, 0.25) is 0 Å². The standard InChI is InChI=1S/C14H18N2O3/c1-3-12-14(18)16(8-9(2)17)11-6-10(7-15)4-5-13(11)19-12/h4-6,12H,3,7-8,15H2,1-2H3. The summed E-state index contributed by atoms with van der Waals surface area (Å²) in [4.78, 5) is 25.1. The Labute approximate surface area is 112 Å². The highest BCUT2D eigenvalue weighted by Crippen LogP contribution is 2.35. The Kier molecular flexibility index (Phi) is 3.85. The van der Waals surface area contributed by atoms with Gasteiger partial charge in [-0.3, -0.25) is 14.5 Å². The van der Waals surface area contributed by atoms with Gasteiger partial charge in [0.25, 0.3) is 5.91 Å². The van der Waals surface area contributed by atoms with E-state index in [0.717, 1.165) is 5.56 Å². The average Bonchev–Trinajstić information content (AvgIpc) is 2.40. The van der Waals surface area contributed by atoms with Crippen LogP contribution in [0.15, 0.2) is 18.2 Å². The van der Waals surface area contributed by atoms with E-state index in [2.05, 4.69) is 0 Å². The van der Waals surface area contributed by atoms with Gasteiger partial charge in [0.05, 0.1) is 12.2 Å². The molecule has 1 aliphatic heterocycles. The lowest BCUT2D eigenvalue weighted by atomic mass is 10.1. The van der Waals surface area contributed by atoms with Gasteiger partial charge in [-0.25, -0.2) is 0 Å². The largest absolute Gasteiger partial charge is 0.478 e. The van der Waals surface area contributed by atoms with E-state index in [9.17, 15) is 9.59 Å². The Bertz CT molecular complexity index is 513. The van der Waals surface area contributed by atoms with Crippen LogP contribution in [0.5, 0.6) is 5.75 Å². The van der Waals surface area contributed by atoms with Crippen molar-refractivity contribution >= 4 is 17.4 Å². The number of nitrogens with two attached hydrogens (primary N) is 1. The number of fused-ring (bicyclic) bond motifs is 1. The molecule has 1 amide bonds. The summed E-state index contributed by atoms with van der Waals surface area (Å²) in [5.41, 5.74) is 7.14. The molecule has 0 bridgehead atoms. The number of hydrogen-bond acceptors (Lipinski definition) is 4. The van der Waals surface area contributed by atoms with Gasteiger partial charge < -0.3 is 10.5 Å². The molecule has 0 radical (unpaired) electrons. The molecule has 0 saturated heterocycles. The minimum absolute atomic E-state index is 0.0609. The topological polar surface area (TPSA) is 72.6 Å². The fraction of sp³-hybridized carbons (Fsp3) is 0.429. The molecule has 102 valence electrons. The van der Waals surface area contributed by atoms with Crippen LogP contribution in [0, 0.1) is 0 Å². The first kappa shape index (κ1) is 13.5. The van der Waals surface area contributed by atoms with Gasteiger partial charge in [-0.05, 0) is 31.0 Å². The summed E-state index contributed by atoms with van der Waals surface area (Å²) in [6.45, 7) is 3.80. The first-order valence-electron chi connectivity index (χ1n) is 6.37. The summed E-state index contributed by atoms with van der Waals surface area (Å²) in [5.74, 6) is 0.401. The second-order valence-electron chi connectivity index (χ2n) is 4.65. The van der Waals surface area contributed by atoms with Gasteiger partial charge in [-0.2, -0.15) is 0 Å². The van der Waals surface area contributed by atoms with E-state index in [1.165, 1.54) is 11.8 Å². The fourth-order valence-electron chi connectivity index (χ4n) is 2.14. The third kappa shape index (κ3) is 2.61. The summed E-state index contributed by atoms with van der Waals surface area (Å²) < 4.78 is 5.66. The monoisotopic (exact) mass is 262 g/mol. The van der Waals surface area contributed by atoms with Crippen LogP contribution in [0.3, 0.4) is 0 Å². The summed E-state index contributed by atoms with van der Waals surface area (Å²) in [7, 11) is 0. The molecule has 2 rings (SSSR count). The average molecular weight is 262 g/mol. The SMILES string of the molecule is CCC1Oc2ccc(CN)cc2N(CC(C)=O)C1=O. The summed E-state index contributed by atoms with van der Waals surface area (Å²) in [5, 5.41) is 0. The van der Waals surface area contributed by atoms with Gasteiger partial charge >= 0.3 is 0 Å². The zero-order valence-corrected chi connectivity index (χ0v) is 11.2. The van der Waals surface area contributed by atoms with E-state index in [4.69, 9.17) is 10.5 Å². The van der Waals surface area contributed by atoms with Gasteiger partial charge in [-0.1, -0.05) is 13.0 Å². The zero-order chi connectivity index (χ0) is 14.0. The second-order valence-corrected chi connectivity index (χ2v) is 4.65. The normalized spacial score (nSPS) is 17.9. The van der Waals surface area contributed by atoms with Crippen LogP contribution < -0.4 is 15.4 Å². The number of ketones is 1. The maximum absolute atomic E-state index is 12.3. The Hall–Kier alpha value is -1.88. The molecule has 1 aromatic rings. The van der Waals surface area contributed by atoms with Gasteiger partial charge in [0, 0.05) is 6.54 Å². The summed E-state index contributed by atoms with van der Waals surface area (Å²) >= 11 is 0. The highest BCUT2D eigenvalue weighted by molar-refractivity contribution is 6.03. The highest BCUT2D eigenvalue weighted by Gasteiger charge is 2.33. The zero-order valence-electron chi connectivity index (χ0n) is 11.2. The minimum Gasteiger partial charge on any atom is -0.478 e. The fourth-order valence-corrected chi connectivity index (χ4v) is 2.14. The number of rotatable bonds is 4. The smallest absolute Gasteiger partial charge is 0.268 e. The lowest BCUT2D eigenvalue weighted by Crippen LogP contribution is -2.47. The van der Waals surface area contributed by atoms with Crippen molar-refractivity contribution in [3.8, 4) is 5.75 Å². The van der Waals surface area contributed by atoms with Crippen LogP contribution in [0.25, 0.3) is 0 Å². The third-order valence-corrected chi connectivity index (χ3v) is 3.11. The summed E-state index contributed by atoms with van der Waals surface area (Å²) in [6, 6.07) is 5.48. The molecule has 1 aromatic carbocycles. The first-order valence-corrected chi connectivity index (χ1v) is 6.37. The maximum atomic E-state index is 12.3. The molecule has 2 N–H and O–H groups in total. The molecule has 19 heavy (non-hydrogen) atoms. The van der Waals surface area contributed by atoms with Crippen molar-refractivity contribution in [3.05, 3.63) is 23.8 Å². The molecule has 5 heteroatoms. The van der Waals surface area contributed by atoms with E-state index in [-0.39, 0.29) is 18.2 Å². The number of carbonyl (C=O) groups excluding carboxylic acids is 2. The van der Waals surface area contributed by atoms with Gasteiger partial charge in [-0.15, -0.1) is 0 Å². The van der Waals surface area contributed by atoms with Crippen molar-refractivity contribution in [3.63, 3.8) is 0 Å². The molecule has 1 aliphatic rings. The lowest BCUT2D eigenvalue weighted by Gasteiger charge is -2.33. The van der Waals surface area contributed by atoms with Crippen molar-refractivity contribution in [1.82, 2.24) is 0 Å². The predicted molar refractivity (Wildman–Crippen MR) is 72.1 cm³/mol. The first-order chi connectivity index (χ1) is 9.06. The Balaban J connectivity index is 2.45. The number of Topliss-reactive ketones (excluding diaryl/α,β-unsaturated/α-hetero) is 1. The number of carbonyl (C=O) groups is 2. The molecule has 1 heterocycles. The molecular weight excluding hydrogens is 244 g/mol. The maximum Gasteiger partial charge on any atom is 0.268 e. The number of benzene rings is 1. The summed E-state index contributed by atoms with van der Waals surface area (Å²) in [6.07, 6.45) is 0.0567. The number of hydrogen-bond donors (Lipinski definition) is 1. The van der Waals surface area contributed by atoms with E-state index in [0.29, 0.717) is 24.4 Å². The minimum atomic E-state index is -0.518. The molecule has 0 spiro atoms. The van der Waals surface area contributed by atoms with Crippen LogP contribution in [-0.4, -0.2) is 24.3 Å². The number of ether oxygens (including phenoxy) is 1. The predicted octanol–water partition coefficient (Wildman–Crippen LogP) is 1.24. The molecule has 0 saturated carbocycles. The van der Waals surface area contributed by atoms with Crippen molar-refractivity contribution in [2.45, 2.75) is 32.9 Å². The molecule has 0 aromatic heterocycles. The molecule has 1 unspecified atom stereocenters. The van der Waals surface area contributed by atoms with E-state index >= 15 is 0 Å². The van der Waals surface area contributed by atoms with Gasteiger partial charge in [0.2, 0.25) is 0 Å². The Morgan fingerprint density at radius 1 is 1.47 bits per heavy atom. The van der Waals surface area contributed by atoms with E-state index in [1.807, 2.05) is 19.1 Å². The number of amides is 1. The van der Waals surface area contributed by atoms with E-state index in [1.54, 1.807) is 6.07 Å². The quantitative estimate of drug-likeness (QED) is 0.886. The highest BCUT2D eigenvalue weighted by atomic mass is 16.5. The van der Waals surface area contributed by atoms with Crippen LogP contribution in [0.4, 0.5) is 5.69 Å². The molecular formula is C14H18N2O3. The Morgan fingerprint density at radius 3 is 2.79 bits per heavy atom. The third-order valence-electron chi connectivity index (χ3n) is 3.11. The van der Waals surface area contributed by atoms with Gasteiger partial charge in [0.15, 0.2) is 6.10 Å². The molecule has 0 aliphatic carbocycles. The lowest BCUT2D eigenvalue weighted by molar-refractivity contribution is -0.128. The number of anilines is 1. The van der Waals surface area contributed by atoms with Crippen molar-refractivity contribution in [2.24, 2.45) is 5.73 Å². The second kappa shape index (κ2) is 5.40.